The van der Waals surface area contributed by atoms with E-state index < -0.39 is 0 Å². The number of ether oxygens (including phenoxy) is 1. The second-order valence-corrected chi connectivity index (χ2v) is 8.54. The molecule has 2 N–H and O–H groups in total. The van der Waals surface area contributed by atoms with Crippen molar-refractivity contribution >= 4 is 16.9 Å². The lowest BCUT2D eigenvalue weighted by molar-refractivity contribution is 0.136. The van der Waals surface area contributed by atoms with Gasteiger partial charge in [0.25, 0.3) is 0 Å². The van der Waals surface area contributed by atoms with Crippen LogP contribution in [0.5, 0.6) is 0 Å². The van der Waals surface area contributed by atoms with Crippen molar-refractivity contribution in [2.45, 2.75) is 25.4 Å². The summed E-state index contributed by atoms with van der Waals surface area (Å²) in [5, 5.41) is 4.87. The average Bonchev–Trinajstić information content (AvgIpc) is 3.43. The van der Waals surface area contributed by atoms with Gasteiger partial charge in [-0.1, -0.05) is 24.3 Å². The zero-order valence-electron chi connectivity index (χ0n) is 16.1. The van der Waals surface area contributed by atoms with Crippen LogP contribution in [0.1, 0.15) is 22.9 Å². The molecule has 0 unspecified atom stereocenters. The van der Waals surface area contributed by atoms with Gasteiger partial charge in [0.1, 0.15) is 17.8 Å². The van der Waals surface area contributed by atoms with Crippen molar-refractivity contribution in [1.29, 1.82) is 0 Å². The number of rotatable bonds is 3. The van der Waals surface area contributed by atoms with E-state index in [-0.39, 0.29) is 6.04 Å². The monoisotopic (exact) mass is 375 g/mol. The lowest BCUT2D eigenvalue weighted by Crippen LogP contribution is -2.40. The molecule has 28 heavy (non-hydrogen) atoms. The molecule has 4 heterocycles. The quantitative estimate of drug-likeness (QED) is 0.737. The van der Waals surface area contributed by atoms with Gasteiger partial charge in [0, 0.05) is 36.7 Å². The lowest BCUT2D eigenvalue weighted by Gasteiger charge is -2.31. The van der Waals surface area contributed by atoms with Crippen molar-refractivity contribution in [3.05, 3.63) is 53.5 Å². The maximum atomic E-state index is 5.69. The molecule has 2 aromatic heterocycles. The minimum atomic E-state index is 0.240. The Bertz CT molecular complexity index is 1020. The number of nitrogens with zero attached hydrogens (tertiary/aromatic N) is 3. The first-order valence-corrected chi connectivity index (χ1v) is 10.2. The molecule has 2 saturated heterocycles. The third-order valence-corrected chi connectivity index (χ3v) is 6.79. The van der Waals surface area contributed by atoms with Crippen molar-refractivity contribution in [2.75, 3.05) is 31.6 Å². The number of aryl methyl sites for hydroxylation is 1. The number of fused-ring (bicyclic) bond motifs is 3. The standard InChI is InChI=1S/C22H25N5O/c1-13-6-18-21(25-13)23-12-24-22(18)26-20-17-5-3-2-4-14(17)7-19(20)27-8-15-10-28-11-16(15)9-27/h2-6,12,15-16,19-20H,7-11H2,1H3,(H2,23,24,25,26)/t15-,16+,19-,20-/m0/s1. The van der Waals surface area contributed by atoms with E-state index in [0.717, 1.165) is 55.3 Å². The summed E-state index contributed by atoms with van der Waals surface area (Å²) in [7, 11) is 0. The topological polar surface area (TPSA) is 66.1 Å². The van der Waals surface area contributed by atoms with E-state index in [4.69, 9.17) is 4.74 Å². The predicted octanol–water partition coefficient (Wildman–Crippen LogP) is 2.92. The van der Waals surface area contributed by atoms with Gasteiger partial charge in [-0.05, 0) is 30.5 Å². The number of benzene rings is 1. The summed E-state index contributed by atoms with van der Waals surface area (Å²) in [4.78, 5) is 15.0. The van der Waals surface area contributed by atoms with Crippen LogP contribution in [0, 0.1) is 18.8 Å². The molecule has 2 fully saturated rings. The Labute approximate surface area is 164 Å². The molecule has 0 spiro atoms. The van der Waals surface area contributed by atoms with Crippen LogP contribution in [0.25, 0.3) is 11.0 Å². The van der Waals surface area contributed by atoms with Gasteiger partial charge < -0.3 is 15.0 Å². The molecule has 0 bridgehead atoms. The summed E-state index contributed by atoms with van der Waals surface area (Å²) < 4.78 is 5.69. The van der Waals surface area contributed by atoms with Crippen LogP contribution in [-0.4, -0.2) is 52.2 Å². The molecule has 0 amide bonds. The van der Waals surface area contributed by atoms with Gasteiger partial charge >= 0.3 is 0 Å². The zero-order chi connectivity index (χ0) is 18.7. The smallest absolute Gasteiger partial charge is 0.143 e. The fraction of sp³-hybridized carbons (Fsp3) is 0.455. The number of aromatic nitrogens is 3. The predicted molar refractivity (Wildman–Crippen MR) is 108 cm³/mol. The van der Waals surface area contributed by atoms with E-state index in [0.29, 0.717) is 17.9 Å². The highest BCUT2D eigenvalue weighted by atomic mass is 16.5. The average molecular weight is 375 g/mol. The van der Waals surface area contributed by atoms with Gasteiger partial charge in [-0.2, -0.15) is 0 Å². The molecular weight excluding hydrogens is 350 g/mol. The maximum absolute atomic E-state index is 5.69. The van der Waals surface area contributed by atoms with Gasteiger partial charge in [0.15, 0.2) is 0 Å². The largest absolute Gasteiger partial charge is 0.381 e. The molecule has 144 valence electrons. The van der Waals surface area contributed by atoms with Gasteiger partial charge in [0.2, 0.25) is 0 Å². The lowest BCUT2D eigenvalue weighted by atomic mass is 10.0. The van der Waals surface area contributed by atoms with E-state index in [1.54, 1.807) is 6.33 Å². The molecule has 6 rings (SSSR count). The Morgan fingerprint density at radius 2 is 1.96 bits per heavy atom. The SMILES string of the molecule is Cc1cc2c(N[C@H]3c4ccccc4C[C@@H]3N3C[C@H]4COC[C@H]4C3)ncnc2[nH]1. The Morgan fingerprint density at radius 1 is 1.14 bits per heavy atom. The van der Waals surface area contributed by atoms with Crippen LogP contribution < -0.4 is 5.32 Å². The summed E-state index contributed by atoms with van der Waals surface area (Å²) in [6.07, 6.45) is 2.74. The van der Waals surface area contributed by atoms with Crippen molar-refractivity contribution in [3.8, 4) is 0 Å². The number of anilines is 1. The van der Waals surface area contributed by atoms with Gasteiger partial charge in [-0.3, -0.25) is 4.90 Å². The van der Waals surface area contributed by atoms with Crippen LogP contribution >= 0.6 is 0 Å². The van der Waals surface area contributed by atoms with Crippen LogP contribution in [0.4, 0.5) is 5.82 Å². The van der Waals surface area contributed by atoms with Gasteiger partial charge in [0.05, 0.1) is 24.6 Å². The first-order valence-electron chi connectivity index (χ1n) is 10.2. The number of likely N-dealkylation sites (tertiary alicyclic amines) is 1. The van der Waals surface area contributed by atoms with Crippen molar-refractivity contribution < 1.29 is 4.74 Å². The summed E-state index contributed by atoms with van der Waals surface area (Å²) in [6, 6.07) is 11.7. The fourth-order valence-electron chi connectivity index (χ4n) is 5.42. The Morgan fingerprint density at radius 3 is 2.82 bits per heavy atom. The van der Waals surface area contributed by atoms with E-state index in [1.807, 2.05) is 0 Å². The second kappa shape index (κ2) is 6.29. The number of hydrogen-bond acceptors (Lipinski definition) is 5. The van der Waals surface area contributed by atoms with E-state index in [1.165, 1.54) is 11.1 Å². The highest BCUT2D eigenvalue weighted by Crippen LogP contribution is 2.41. The Hall–Kier alpha value is -2.44. The molecular formula is C22H25N5O. The molecule has 3 aliphatic rings. The summed E-state index contributed by atoms with van der Waals surface area (Å²) in [5.41, 5.74) is 4.86. The van der Waals surface area contributed by atoms with Gasteiger partial charge in [-0.25, -0.2) is 9.97 Å². The number of nitrogens with one attached hydrogen (secondary N) is 2. The van der Waals surface area contributed by atoms with Gasteiger partial charge in [-0.15, -0.1) is 0 Å². The summed E-state index contributed by atoms with van der Waals surface area (Å²) in [5.74, 6) is 2.31. The van der Waals surface area contributed by atoms with E-state index >= 15 is 0 Å². The summed E-state index contributed by atoms with van der Waals surface area (Å²) in [6.45, 7) is 6.19. The third kappa shape index (κ3) is 2.55. The third-order valence-electron chi connectivity index (χ3n) is 6.79. The molecule has 6 nitrogen and oxygen atoms in total. The molecule has 3 aromatic rings. The second-order valence-electron chi connectivity index (χ2n) is 8.54. The normalized spacial score (nSPS) is 29.3. The number of aromatic amines is 1. The highest BCUT2D eigenvalue weighted by Gasteiger charge is 2.44. The first-order chi connectivity index (χ1) is 13.8. The molecule has 2 aliphatic heterocycles. The Balaban J connectivity index is 1.36. The molecule has 0 radical (unpaired) electrons. The molecule has 1 aliphatic carbocycles. The van der Waals surface area contributed by atoms with E-state index in [2.05, 4.69) is 62.4 Å². The van der Waals surface area contributed by atoms with Crippen molar-refractivity contribution in [2.24, 2.45) is 11.8 Å². The van der Waals surface area contributed by atoms with E-state index in [9.17, 15) is 0 Å². The Kier molecular flexibility index (Phi) is 3.71. The minimum Gasteiger partial charge on any atom is -0.381 e. The number of H-pyrrole nitrogens is 1. The minimum absolute atomic E-state index is 0.240. The van der Waals surface area contributed by atoms with Crippen LogP contribution in [0.3, 0.4) is 0 Å². The molecule has 6 heteroatoms. The fourth-order valence-corrected chi connectivity index (χ4v) is 5.42. The molecule has 1 aromatic carbocycles. The highest BCUT2D eigenvalue weighted by molar-refractivity contribution is 5.87. The summed E-state index contributed by atoms with van der Waals surface area (Å²) >= 11 is 0. The molecule has 0 saturated carbocycles. The van der Waals surface area contributed by atoms with Crippen molar-refractivity contribution in [3.63, 3.8) is 0 Å². The van der Waals surface area contributed by atoms with Crippen LogP contribution in [-0.2, 0) is 11.2 Å². The maximum Gasteiger partial charge on any atom is 0.143 e. The first kappa shape index (κ1) is 16.5. The number of hydrogen-bond donors (Lipinski definition) is 2. The zero-order valence-corrected chi connectivity index (χ0v) is 16.1. The molecule has 4 atom stereocenters. The van der Waals surface area contributed by atoms with Crippen LogP contribution in [0.15, 0.2) is 36.7 Å². The van der Waals surface area contributed by atoms with Crippen LogP contribution in [0.2, 0.25) is 0 Å². The van der Waals surface area contributed by atoms with Crippen molar-refractivity contribution in [1.82, 2.24) is 19.9 Å².